The van der Waals surface area contributed by atoms with Crippen LogP contribution in [0.1, 0.15) is 31.9 Å². The van der Waals surface area contributed by atoms with Crippen LogP contribution in [0, 0.1) is 0 Å². The lowest BCUT2D eigenvalue weighted by atomic mass is 10.1. The Labute approximate surface area is 120 Å². The average molecular weight is 273 g/mol. The van der Waals surface area contributed by atoms with Gasteiger partial charge in [-0.3, -0.25) is 4.68 Å². The summed E-state index contributed by atoms with van der Waals surface area (Å²) in [4.78, 5) is 0. The summed E-state index contributed by atoms with van der Waals surface area (Å²) in [5.41, 5.74) is 2.46. The maximum Gasteiger partial charge on any atom is 0.157 e. The predicted molar refractivity (Wildman–Crippen MR) is 80.7 cm³/mol. The summed E-state index contributed by atoms with van der Waals surface area (Å²) in [6, 6.07) is 9.02. The van der Waals surface area contributed by atoms with Gasteiger partial charge in [-0.25, -0.2) is 0 Å². The maximum atomic E-state index is 5.71. The largest absolute Gasteiger partial charge is 0.486 e. The molecule has 0 unspecified atom stereocenters. The lowest BCUT2D eigenvalue weighted by molar-refractivity contribution is 0.305. The highest BCUT2D eigenvalue weighted by Gasteiger charge is 2.00. The minimum atomic E-state index is 0.508. The number of rotatable bonds is 7. The second-order valence-corrected chi connectivity index (χ2v) is 5.17. The third-order valence-corrected chi connectivity index (χ3v) is 3.08. The van der Waals surface area contributed by atoms with Crippen molar-refractivity contribution in [2.24, 2.45) is 0 Å². The lowest BCUT2D eigenvalue weighted by Gasteiger charge is -2.09. The molecule has 0 radical (unpaired) electrons. The van der Waals surface area contributed by atoms with Gasteiger partial charge in [-0.1, -0.05) is 38.1 Å². The highest BCUT2D eigenvalue weighted by molar-refractivity contribution is 5.23. The van der Waals surface area contributed by atoms with Crippen LogP contribution in [0.3, 0.4) is 0 Å². The Hall–Kier alpha value is -1.81. The second kappa shape index (κ2) is 7.10. The van der Waals surface area contributed by atoms with Crippen LogP contribution in [0.5, 0.6) is 5.75 Å². The smallest absolute Gasteiger partial charge is 0.157 e. The molecule has 2 rings (SSSR count). The molecule has 1 aromatic heterocycles. The van der Waals surface area contributed by atoms with Crippen molar-refractivity contribution in [1.29, 1.82) is 0 Å². The van der Waals surface area contributed by atoms with Gasteiger partial charge in [0.05, 0.1) is 12.4 Å². The summed E-state index contributed by atoms with van der Waals surface area (Å²) in [5.74, 6) is 0.817. The van der Waals surface area contributed by atoms with Gasteiger partial charge in [0.1, 0.15) is 6.61 Å². The van der Waals surface area contributed by atoms with Crippen molar-refractivity contribution in [2.75, 3.05) is 0 Å². The first-order chi connectivity index (χ1) is 9.67. The van der Waals surface area contributed by atoms with Crippen molar-refractivity contribution in [2.45, 2.75) is 46.5 Å². The minimum Gasteiger partial charge on any atom is -0.486 e. The van der Waals surface area contributed by atoms with Gasteiger partial charge < -0.3 is 10.1 Å². The first kappa shape index (κ1) is 14.6. The molecule has 0 bridgehead atoms. The molecule has 0 amide bonds. The first-order valence-electron chi connectivity index (χ1n) is 7.14. The molecular formula is C16H23N3O. The summed E-state index contributed by atoms with van der Waals surface area (Å²) < 4.78 is 7.57. The number of benzene rings is 1. The molecular weight excluding hydrogens is 250 g/mol. The minimum absolute atomic E-state index is 0.508. The normalized spacial score (nSPS) is 11.0. The molecule has 0 fully saturated rings. The summed E-state index contributed by atoms with van der Waals surface area (Å²) >= 11 is 0. The van der Waals surface area contributed by atoms with E-state index in [1.54, 1.807) is 6.20 Å². The predicted octanol–water partition coefficient (Wildman–Crippen LogP) is 2.98. The Kier molecular flexibility index (Phi) is 5.18. The maximum absolute atomic E-state index is 5.71. The number of nitrogens with zero attached hydrogens (tertiary/aromatic N) is 2. The van der Waals surface area contributed by atoms with E-state index in [-0.39, 0.29) is 0 Å². The molecule has 0 aliphatic rings. The monoisotopic (exact) mass is 273 g/mol. The van der Waals surface area contributed by atoms with E-state index in [1.165, 1.54) is 11.1 Å². The van der Waals surface area contributed by atoms with Crippen LogP contribution >= 0.6 is 0 Å². The molecule has 0 aliphatic heterocycles. The highest BCUT2D eigenvalue weighted by Crippen LogP contribution is 2.12. The van der Waals surface area contributed by atoms with Gasteiger partial charge in [-0.15, -0.1) is 0 Å². The molecule has 1 aromatic carbocycles. The molecule has 4 nitrogen and oxygen atoms in total. The van der Waals surface area contributed by atoms with Gasteiger partial charge in [-0.2, -0.15) is 5.10 Å². The fourth-order valence-corrected chi connectivity index (χ4v) is 1.83. The van der Waals surface area contributed by atoms with Crippen molar-refractivity contribution in [1.82, 2.24) is 15.1 Å². The van der Waals surface area contributed by atoms with E-state index in [0.29, 0.717) is 12.6 Å². The quantitative estimate of drug-likeness (QED) is 0.843. The number of hydrogen-bond donors (Lipinski definition) is 1. The van der Waals surface area contributed by atoms with Crippen molar-refractivity contribution in [3.05, 3.63) is 47.8 Å². The Balaban J connectivity index is 1.84. The Bertz CT molecular complexity index is 517. The van der Waals surface area contributed by atoms with E-state index in [2.05, 4.69) is 55.5 Å². The van der Waals surface area contributed by atoms with Gasteiger partial charge >= 0.3 is 0 Å². The number of nitrogens with one attached hydrogen (secondary N) is 1. The van der Waals surface area contributed by atoms with Crippen LogP contribution in [0.2, 0.25) is 0 Å². The molecule has 108 valence electrons. The van der Waals surface area contributed by atoms with Crippen LogP contribution in [-0.2, 0) is 19.7 Å². The third kappa shape index (κ3) is 4.38. The van der Waals surface area contributed by atoms with Crippen molar-refractivity contribution in [3.8, 4) is 5.75 Å². The molecule has 0 aliphatic carbocycles. The number of hydrogen-bond acceptors (Lipinski definition) is 3. The summed E-state index contributed by atoms with van der Waals surface area (Å²) in [6.45, 7) is 8.70. The topological polar surface area (TPSA) is 39.1 Å². The van der Waals surface area contributed by atoms with Gasteiger partial charge in [0.2, 0.25) is 0 Å². The number of ether oxygens (including phenoxy) is 1. The second-order valence-electron chi connectivity index (χ2n) is 5.17. The fourth-order valence-electron chi connectivity index (χ4n) is 1.83. The van der Waals surface area contributed by atoms with Crippen LogP contribution in [-0.4, -0.2) is 15.8 Å². The zero-order chi connectivity index (χ0) is 14.4. The van der Waals surface area contributed by atoms with Gasteiger partial charge in [0.15, 0.2) is 5.75 Å². The zero-order valence-electron chi connectivity index (χ0n) is 12.5. The van der Waals surface area contributed by atoms with E-state index in [1.807, 2.05) is 10.9 Å². The van der Waals surface area contributed by atoms with Gasteiger partial charge in [-0.05, 0) is 18.1 Å². The molecule has 0 saturated carbocycles. The molecule has 20 heavy (non-hydrogen) atoms. The van der Waals surface area contributed by atoms with Crippen LogP contribution in [0.25, 0.3) is 0 Å². The molecule has 2 aromatic rings. The Morgan fingerprint density at radius 1 is 1.20 bits per heavy atom. The molecule has 1 N–H and O–H groups in total. The van der Waals surface area contributed by atoms with Gasteiger partial charge in [0.25, 0.3) is 0 Å². The van der Waals surface area contributed by atoms with Crippen LogP contribution in [0.15, 0.2) is 36.7 Å². The molecule has 0 saturated heterocycles. The van der Waals surface area contributed by atoms with Gasteiger partial charge in [0, 0.05) is 19.1 Å². The third-order valence-electron chi connectivity index (χ3n) is 3.08. The Morgan fingerprint density at radius 2 is 1.90 bits per heavy atom. The zero-order valence-corrected chi connectivity index (χ0v) is 12.5. The molecule has 1 heterocycles. The van der Waals surface area contributed by atoms with E-state index in [0.717, 1.165) is 18.8 Å². The fraction of sp³-hybridized carbons (Fsp3) is 0.438. The summed E-state index contributed by atoms with van der Waals surface area (Å²) in [5, 5.41) is 7.59. The van der Waals surface area contributed by atoms with E-state index >= 15 is 0 Å². The highest BCUT2D eigenvalue weighted by atomic mass is 16.5. The summed E-state index contributed by atoms with van der Waals surface area (Å²) in [7, 11) is 0. The first-order valence-corrected chi connectivity index (χ1v) is 7.14. The van der Waals surface area contributed by atoms with Crippen molar-refractivity contribution < 1.29 is 4.74 Å². The van der Waals surface area contributed by atoms with Crippen LogP contribution in [0.4, 0.5) is 0 Å². The molecule has 0 atom stereocenters. The lowest BCUT2D eigenvalue weighted by Crippen LogP contribution is -2.21. The van der Waals surface area contributed by atoms with E-state index in [9.17, 15) is 0 Å². The van der Waals surface area contributed by atoms with Crippen molar-refractivity contribution in [3.63, 3.8) is 0 Å². The van der Waals surface area contributed by atoms with Crippen molar-refractivity contribution >= 4 is 0 Å². The number of aromatic nitrogens is 2. The Morgan fingerprint density at radius 3 is 2.50 bits per heavy atom. The molecule has 0 spiro atoms. The average Bonchev–Trinajstić information content (AvgIpc) is 2.92. The number of aryl methyl sites for hydroxylation is 1. The van der Waals surface area contributed by atoms with E-state index < -0.39 is 0 Å². The standard InChI is InChI=1S/C16H23N3O/c1-4-19-11-16(10-18-19)20-12-15-7-5-14(6-8-15)9-17-13(2)3/h5-8,10-11,13,17H,4,9,12H2,1-3H3. The van der Waals surface area contributed by atoms with Crippen LogP contribution < -0.4 is 10.1 Å². The summed E-state index contributed by atoms with van der Waals surface area (Å²) in [6.07, 6.45) is 3.67. The van der Waals surface area contributed by atoms with E-state index in [4.69, 9.17) is 4.74 Å². The molecule has 4 heteroatoms. The SMILES string of the molecule is CCn1cc(OCc2ccc(CNC(C)C)cc2)cn1.